The van der Waals surface area contributed by atoms with E-state index >= 15 is 0 Å². The van der Waals surface area contributed by atoms with Crippen molar-refractivity contribution in [1.29, 1.82) is 0 Å². The number of nitrogens with one attached hydrogen (secondary N) is 1. The van der Waals surface area contributed by atoms with E-state index in [1.165, 1.54) is 16.8 Å². The zero-order chi connectivity index (χ0) is 21.9. The monoisotopic (exact) mass is 430 g/mol. The van der Waals surface area contributed by atoms with Gasteiger partial charge in [-0.15, -0.1) is 0 Å². The van der Waals surface area contributed by atoms with Gasteiger partial charge in [-0.25, -0.2) is 4.99 Å². The van der Waals surface area contributed by atoms with Crippen molar-refractivity contribution in [2.24, 2.45) is 4.99 Å². The van der Waals surface area contributed by atoms with Crippen LogP contribution in [0.1, 0.15) is 17.5 Å². The predicted octanol–water partition coefficient (Wildman–Crippen LogP) is 2.77. The highest BCUT2D eigenvalue weighted by molar-refractivity contribution is 5.99. The summed E-state index contributed by atoms with van der Waals surface area (Å²) in [5.74, 6) is 1.11. The lowest BCUT2D eigenvalue weighted by molar-refractivity contribution is 0.0540. The van der Waals surface area contributed by atoms with Crippen molar-refractivity contribution in [2.75, 3.05) is 40.4 Å². The van der Waals surface area contributed by atoms with E-state index in [4.69, 9.17) is 4.99 Å². The molecule has 1 fully saturated rings. The second-order valence-electron chi connectivity index (χ2n) is 9.19. The first kappa shape index (κ1) is 21.0. The molecule has 2 unspecified atom stereocenters. The number of fused-ring (bicyclic) bond motifs is 1. The van der Waals surface area contributed by atoms with Gasteiger partial charge in [0, 0.05) is 52.5 Å². The molecule has 0 bridgehead atoms. The third-order valence-corrected chi connectivity index (χ3v) is 6.63. The van der Waals surface area contributed by atoms with Crippen LogP contribution in [-0.2, 0) is 13.0 Å². The number of hydrogen-bond acceptors (Lipinski definition) is 6. The summed E-state index contributed by atoms with van der Waals surface area (Å²) < 4.78 is 0. The second-order valence-corrected chi connectivity index (χ2v) is 9.19. The average molecular weight is 431 g/mol. The van der Waals surface area contributed by atoms with E-state index in [0.717, 1.165) is 51.5 Å². The van der Waals surface area contributed by atoms with E-state index in [-0.39, 0.29) is 6.29 Å². The summed E-state index contributed by atoms with van der Waals surface area (Å²) in [4.78, 5) is 14.8. The number of piperazine rings is 1. The van der Waals surface area contributed by atoms with Crippen LogP contribution in [0.15, 0.2) is 77.6 Å². The minimum Gasteiger partial charge on any atom is -0.361 e. The summed E-state index contributed by atoms with van der Waals surface area (Å²) in [5, 5.41) is 3.74. The van der Waals surface area contributed by atoms with Crippen molar-refractivity contribution in [3.8, 4) is 0 Å². The van der Waals surface area contributed by atoms with Gasteiger partial charge < -0.3 is 20.0 Å². The lowest BCUT2D eigenvalue weighted by atomic mass is 10.0. The molecule has 6 nitrogen and oxygen atoms in total. The van der Waals surface area contributed by atoms with E-state index in [0.29, 0.717) is 6.04 Å². The quantitative estimate of drug-likeness (QED) is 0.763. The maximum atomic E-state index is 5.25. The highest BCUT2D eigenvalue weighted by Crippen LogP contribution is 2.30. The van der Waals surface area contributed by atoms with Gasteiger partial charge in [-0.1, -0.05) is 60.7 Å². The van der Waals surface area contributed by atoms with Gasteiger partial charge >= 0.3 is 0 Å². The number of aryl methyl sites for hydroxylation is 1. The molecule has 0 aromatic heterocycles. The van der Waals surface area contributed by atoms with Crippen molar-refractivity contribution < 1.29 is 0 Å². The van der Waals surface area contributed by atoms with Crippen LogP contribution in [0.2, 0.25) is 0 Å². The normalized spacial score (nSPS) is 23.8. The molecule has 1 saturated heterocycles. The number of aliphatic imine (C=N–C) groups is 1. The van der Waals surface area contributed by atoms with Gasteiger partial charge in [-0.3, -0.25) is 4.90 Å². The Bertz CT molecular complexity index is 957. The number of nitrogens with zero attached hydrogens (tertiary/aromatic N) is 5. The molecule has 3 aliphatic rings. The molecule has 0 radical (unpaired) electrons. The molecular formula is C26H34N6. The Morgan fingerprint density at radius 3 is 2.44 bits per heavy atom. The highest BCUT2D eigenvalue weighted by atomic mass is 15.5. The van der Waals surface area contributed by atoms with E-state index in [2.05, 4.69) is 106 Å². The van der Waals surface area contributed by atoms with Gasteiger partial charge in [0.1, 0.15) is 0 Å². The third-order valence-electron chi connectivity index (χ3n) is 6.63. The molecule has 2 aromatic carbocycles. The lowest BCUT2D eigenvalue weighted by Crippen LogP contribution is -2.56. The van der Waals surface area contributed by atoms with Crippen molar-refractivity contribution in [3.05, 3.63) is 83.7 Å². The van der Waals surface area contributed by atoms with Crippen LogP contribution in [0, 0.1) is 0 Å². The molecule has 0 saturated carbocycles. The Hall–Kier alpha value is -2.83. The van der Waals surface area contributed by atoms with E-state index in [1.54, 1.807) is 0 Å². The van der Waals surface area contributed by atoms with Crippen LogP contribution in [0.25, 0.3) is 0 Å². The molecule has 1 N–H and O–H groups in total. The molecule has 2 atom stereocenters. The summed E-state index contributed by atoms with van der Waals surface area (Å²) in [6.45, 7) is 4.78. The molecular weight excluding hydrogens is 396 g/mol. The van der Waals surface area contributed by atoms with E-state index in [1.807, 2.05) is 0 Å². The van der Waals surface area contributed by atoms with Crippen LogP contribution in [0.4, 0.5) is 0 Å². The van der Waals surface area contributed by atoms with Gasteiger partial charge in [0.15, 0.2) is 12.1 Å². The molecule has 168 valence electrons. The summed E-state index contributed by atoms with van der Waals surface area (Å²) in [5.41, 5.74) is 3.97. The van der Waals surface area contributed by atoms with Crippen molar-refractivity contribution in [1.82, 2.24) is 24.9 Å². The van der Waals surface area contributed by atoms with Crippen molar-refractivity contribution in [2.45, 2.75) is 31.7 Å². The first-order valence-corrected chi connectivity index (χ1v) is 11.7. The fourth-order valence-corrected chi connectivity index (χ4v) is 5.04. The lowest BCUT2D eigenvalue weighted by Gasteiger charge is -2.41. The van der Waals surface area contributed by atoms with E-state index in [9.17, 15) is 0 Å². The fourth-order valence-electron chi connectivity index (χ4n) is 5.04. The molecule has 0 spiro atoms. The molecule has 0 amide bonds. The number of benzene rings is 2. The Morgan fingerprint density at radius 1 is 0.969 bits per heavy atom. The molecule has 3 aliphatic heterocycles. The third kappa shape index (κ3) is 4.52. The summed E-state index contributed by atoms with van der Waals surface area (Å²) >= 11 is 0. The molecule has 32 heavy (non-hydrogen) atoms. The van der Waals surface area contributed by atoms with Crippen LogP contribution < -0.4 is 5.32 Å². The maximum absolute atomic E-state index is 5.25. The van der Waals surface area contributed by atoms with Gasteiger partial charge in [0.2, 0.25) is 0 Å². The molecule has 3 heterocycles. The Kier molecular flexibility index (Phi) is 6.14. The number of rotatable bonds is 6. The topological polar surface area (TPSA) is 37.4 Å². The van der Waals surface area contributed by atoms with Crippen molar-refractivity contribution in [3.63, 3.8) is 0 Å². The first-order valence-electron chi connectivity index (χ1n) is 11.7. The zero-order valence-electron chi connectivity index (χ0n) is 19.2. The second kappa shape index (κ2) is 9.35. The summed E-state index contributed by atoms with van der Waals surface area (Å²) in [7, 11) is 4.28. The first-order chi connectivity index (χ1) is 15.7. The van der Waals surface area contributed by atoms with Crippen molar-refractivity contribution >= 4 is 5.84 Å². The summed E-state index contributed by atoms with van der Waals surface area (Å²) in [6.07, 6.45) is 4.56. The molecule has 2 aromatic rings. The van der Waals surface area contributed by atoms with Crippen LogP contribution in [0.3, 0.4) is 0 Å². The van der Waals surface area contributed by atoms with Gasteiger partial charge in [0.05, 0.1) is 12.4 Å². The standard InChI is InChI=1S/C26H34N6/c1-29-19-24-25(30(2)20-29)28-26(32(24)17-22-11-7-4-8-12-22)31-16-15-27-23(18-31)14-13-21-9-5-3-6-10-21/h3-12,19,23,26-27H,13-18,20H2,1-2H3. The molecule has 6 heteroatoms. The Balaban J connectivity index is 1.34. The minimum absolute atomic E-state index is 0.0479. The van der Waals surface area contributed by atoms with Crippen LogP contribution in [-0.4, -0.2) is 78.2 Å². The maximum Gasteiger partial charge on any atom is 0.181 e. The van der Waals surface area contributed by atoms with Crippen LogP contribution >= 0.6 is 0 Å². The van der Waals surface area contributed by atoms with E-state index < -0.39 is 0 Å². The van der Waals surface area contributed by atoms with Gasteiger partial charge in [-0.05, 0) is 24.0 Å². The largest absolute Gasteiger partial charge is 0.361 e. The molecule has 0 aliphatic carbocycles. The number of hydrogen-bond donors (Lipinski definition) is 1. The smallest absolute Gasteiger partial charge is 0.181 e. The Morgan fingerprint density at radius 2 is 1.69 bits per heavy atom. The predicted molar refractivity (Wildman–Crippen MR) is 130 cm³/mol. The summed E-state index contributed by atoms with van der Waals surface area (Å²) in [6, 6.07) is 22.1. The average Bonchev–Trinajstić information content (AvgIpc) is 3.18. The molecule has 5 rings (SSSR count). The fraction of sp³-hybridized carbons (Fsp3) is 0.423. The van der Waals surface area contributed by atoms with Gasteiger partial charge in [-0.2, -0.15) is 0 Å². The Labute approximate surface area is 191 Å². The highest BCUT2D eigenvalue weighted by Gasteiger charge is 2.39. The zero-order valence-corrected chi connectivity index (χ0v) is 19.2. The number of likely N-dealkylation sites (N-methyl/N-ethyl adjacent to an activating group) is 1. The minimum atomic E-state index is 0.0479. The van der Waals surface area contributed by atoms with Crippen LogP contribution in [0.5, 0.6) is 0 Å². The SMILES string of the molecule is CN1C=C2C(=NC(N3CCNC(CCc4ccccc4)C3)N2Cc2ccccc2)N(C)C1. The number of amidine groups is 1. The van der Waals surface area contributed by atoms with Gasteiger partial charge in [0.25, 0.3) is 0 Å².